The van der Waals surface area contributed by atoms with Gasteiger partial charge in [0.25, 0.3) is 0 Å². The molecule has 0 unspecified atom stereocenters. The zero-order valence-corrected chi connectivity index (χ0v) is 12.8. The lowest BCUT2D eigenvalue weighted by atomic mass is 10.2. The molecule has 2 aromatic carbocycles. The summed E-state index contributed by atoms with van der Waals surface area (Å²) in [7, 11) is 0. The Morgan fingerprint density at radius 3 is 2.82 bits per heavy atom. The van der Waals surface area contributed by atoms with Crippen LogP contribution in [0, 0.1) is 12.7 Å². The molecule has 22 heavy (non-hydrogen) atoms. The quantitative estimate of drug-likeness (QED) is 0.818. The van der Waals surface area contributed by atoms with E-state index in [4.69, 9.17) is 16.3 Å². The lowest BCUT2D eigenvalue weighted by molar-refractivity contribution is 0.247. The fraction of sp³-hybridized carbons (Fsp3) is 0.188. The van der Waals surface area contributed by atoms with Crippen LogP contribution in [-0.4, -0.2) is 19.2 Å². The minimum atomic E-state index is -0.415. The monoisotopic (exact) mass is 322 g/mol. The normalized spacial score (nSPS) is 10.1. The van der Waals surface area contributed by atoms with Crippen molar-refractivity contribution in [3.8, 4) is 5.75 Å². The summed E-state index contributed by atoms with van der Waals surface area (Å²) in [5.74, 6) is 0.286. The summed E-state index contributed by atoms with van der Waals surface area (Å²) in [6, 6.07) is 10.6. The second kappa shape index (κ2) is 7.66. The molecule has 0 atom stereocenters. The van der Waals surface area contributed by atoms with E-state index in [0.29, 0.717) is 29.6 Å². The van der Waals surface area contributed by atoms with E-state index in [1.165, 1.54) is 18.2 Å². The SMILES string of the molecule is Cc1cc(OCCNC(=O)Nc2cccc(F)c2)ccc1Cl. The Kier molecular flexibility index (Phi) is 5.61. The number of ether oxygens (including phenoxy) is 1. The molecule has 0 saturated heterocycles. The molecule has 2 amide bonds. The molecule has 0 spiro atoms. The molecule has 0 aliphatic carbocycles. The van der Waals surface area contributed by atoms with Gasteiger partial charge < -0.3 is 15.4 Å². The third kappa shape index (κ3) is 4.93. The summed E-state index contributed by atoms with van der Waals surface area (Å²) in [6.07, 6.45) is 0. The summed E-state index contributed by atoms with van der Waals surface area (Å²) < 4.78 is 18.5. The van der Waals surface area contributed by atoms with Crippen LogP contribution < -0.4 is 15.4 Å². The third-order valence-corrected chi connectivity index (χ3v) is 3.29. The van der Waals surface area contributed by atoms with Gasteiger partial charge in [0, 0.05) is 10.7 Å². The van der Waals surface area contributed by atoms with Gasteiger partial charge in [-0.15, -0.1) is 0 Å². The Bertz CT molecular complexity index is 664. The second-order valence-electron chi connectivity index (χ2n) is 4.65. The first-order valence-electron chi connectivity index (χ1n) is 6.74. The van der Waals surface area contributed by atoms with Gasteiger partial charge in [-0.25, -0.2) is 9.18 Å². The largest absolute Gasteiger partial charge is 0.492 e. The molecular formula is C16H16ClFN2O2. The van der Waals surface area contributed by atoms with Crippen molar-refractivity contribution in [2.24, 2.45) is 0 Å². The van der Waals surface area contributed by atoms with E-state index in [9.17, 15) is 9.18 Å². The maximum atomic E-state index is 13.0. The first-order valence-corrected chi connectivity index (χ1v) is 7.12. The smallest absolute Gasteiger partial charge is 0.319 e. The molecule has 2 aromatic rings. The van der Waals surface area contributed by atoms with E-state index >= 15 is 0 Å². The van der Waals surface area contributed by atoms with Crippen LogP contribution in [0.3, 0.4) is 0 Å². The first kappa shape index (κ1) is 16.1. The van der Waals surface area contributed by atoms with Gasteiger partial charge in [-0.3, -0.25) is 0 Å². The molecule has 2 rings (SSSR count). The molecule has 0 saturated carbocycles. The number of hydrogen-bond acceptors (Lipinski definition) is 2. The van der Waals surface area contributed by atoms with E-state index in [2.05, 4.69) is 10.6 Å². The highest BCUT2D eigenvalue weighted by Crippen LogP contribution is 2.20. The highest BCUT2D eigenvalue weighted by molar-refractivity contribution is 6.31. The van der Waals surface area contributed by atoms with E-state index in [1.54, 1.807) is 18.2 Å². The number of amides is 2. The van der Waals surface area contributed by atoms with Gasteiger partial charge in [0.15, 0.2) is 0 Å². The Balaban J connectivity index is 1.72. The molecule has 0 fully saturated rings. The molecular weight excluding hydrogens is 307 g/mol. The number of rotatable bonds is 5. The van der Waals surface area contributed by atoms with Crippen LogP contribution in [0.2, 0.25) is 5.02 Å². The Labute approximate surface area is 133 Å². The number of anilines is 1. The fourth-order valence-corrected chi connectivity index (χ4v) is 1.90. The minimum Gasteiger partial charge on any atom is -0.492 e. The topological polar surface area (TPSA) is 50.4 Å². The third-order valence-electron chi connectivity index (χ3n) is 2.87. The molecule has 0 radical (unpaired) electrons. The molecule has 2 N–H and O–H groups in total. The number of nitrogens with one attached hydrogen (secondary N) is 2. The zero-order valence-electron chi connectivity index (χ0n) is 12.0. The van der Waals surface area contributed by atoms with Crippen LogP contribution in [0.5, 0.6) is 5.75 Å². The molecule has 0 aliphatic heterocycles. The minimum absolute atomic E-state index is 0.317. The Morgan fingerprint density at radius 1 is 1.27 bits per heavy atom. The summed E-state index contributed by atoms with van der Waals surface area (Å²) in [5, 5.41) is 5.84. The number of halogens is 2. The number of carbonyl (C=O) groups is 1. The molecule has 0 bridgehead atoms. The van der Waals surface area contributed by atoms with E-state index in [0.717, 1.165) is 5.56 Å². The highest BCUT2D eigenvalue weighted by atomic mass is 35.5. The number of urea groups is 1. The zero-order chi connectivity index (χ0) is 15.9. The molecule has 0 aromatic heterocycles. The summed E-state index contributed by atoms with van der Waals surface area (Å²) in [6.45, 7) is 2.53. The van der Waals surface area contributed by atoms with Crippen molar-refractivity contribution in [1.29, 1.82) is 0 Å². The van der Waals surface area contributed by atoms with E-state index in [1.807, 2.05) is 13.0 Å². The summed E-state index contributed by atoms with van der Waals surface area (Å²) in [5.41, 5.74) is 1.32. The van der Waals surface area contributed by atoms with E-state index in [-0.39, 0.29) is 0 Å². The first-order chi connectivity index (χ1) is 10.5. The number of benzene rings is 2. The fourth-order valence-electron chi connectivity index (χ4n) is 1.78. The summed E-state index contributed by atoms with van der Waals surface area (Å²) >= 11 is 5.92. The van der Waals surface area contributed by atoms with Crippen molar-refractivity contribution in [2.75, 3.05) is 18.5 Å². The van der Waals surface area contributed by atoms with Gasteiger partial charge in [0.05, 0.1) is 6.54 Å². The van der Waals surface area contributed by atoms with Crippen molar-refractivity contribution < 1.29 is 13.9 Å². The van der Waals surface area contributed by atoms with E-state index < -0.39 is 11.8 Å². The van der Waals surface area contributed by atoms with Gasteiger partial charge >= 0.3 is 6.03 Å². The lowest BCUT2D eigenvalue weighted by Gasteiger charge is -2.10. The molecule has 6 heteroatoms. The Morgan fingerprint density at radius 2 is 2.09 bits per heavy atom. The average Bonchev–Trinajstić information content (AvgIpc) is 2.47. The highest BCUT2D eigenvalue weighted by Gasteiger charge is 2.03. The predicted molar refractivity (Wildman–Crippen MR) is 85.1 cm³/mol. The van der Waals surface area contributed by atoms with Crippen LogP contribution in [0.1, 0.15) is 5.56 Å². The number of hydrogen-bond donors (Lipinski definition) is 2. The molecule has 4 nitrogen and oxygen atoms in total. The van der Waals surface area contributed by atoms with Gasteiger partial charge in [-0.2, -0.15) is 0 Å². The van der Waals surface area contributed by atoms with Crippen molar-refractivity contribution in [3.05, 3.63) is 58.9 Å². The van der Waals surface area contributed by atoms with Gasteiger partial charge in [-0.05, 0) is 48.9 Å². The van der Waals surface area contributed by atoms with Gasteiger partial charge in [0.1, 0.15) is 18.2 Å². The molecule has 0 heterocycles. The maximum Gasteiger partial charge on any atom is 0.319 e. The van der Waals surface area contributed by atoms with Crippen molar-refractivity contribution in [1.82, 2.24) is 5.32 Å². The molecule has 116 valence electrons. The summed E-state index contributed by atoms with van der Waals surface area (Å²) in [4.78, 5) is 11.6. The van der Waals surface area contributed by atoms with Crippen molar-refractivity contribution >= 4 is 23.3 Å². The number of aryl methyl sites for hydroxylation is 1. The second-order valence-corrected chi connectivity index (χ2v) is 5.06. The van der Waals surface area contributed by atoms with Crippen LogP contribution >= 0.6 is 11.6 Å². The van der Waals surface area contributed by atoms with Gasteiger partial charge in [0.2, 0.25) is 0 Å². The lowest BCUT2D eigenvalue weighted by Crippen LogP contribution is -2.32. The number of carbonyl (C=O) groups excluding carboxylic acids is 1. The van der Waals surface area contributed by atoms with Crippen molar-refractivity contribution in [2.45, 2.75) is 6.92 Å². The standard InChI is InChI=1S/C16H16ClFN2O2/c1-11-9-14(5-6-15(11)17)22-8-7-19-16(21)20-13-4-2-3-12(18)10-13/h2-6,9-10H,7-8H2,1H3,(H2,19,20,21). The Hall–Kier alpha value is -2.27. The van der Waals surface area contributed by atoms with Crippen LogP contribution in [0.15, 0.2) is 42.5 Å². The molecule has 0 aliphatic rings. The van der Waals surface area contributed by atoms with Crippen LogP contribution in [0.4, 0.5) is 14.9 Å². The van der Waals surface area contributed by atoms with Crippen LogP contribution in [0.25, 0.3) is 0 Å². The predicted octanol–water partition coefficient (Wildman–Crippen LogP) is 3.99. The average molecular weight is 323 g/mol. The maximum absolute atomic E-state index is 13.0. The van der Waals surface area contributed by atoms with Crippen molar-refractivity contribution in [3.63, 3.8) is 0 Å². The van der Waals surface area contributed by atoms with Gasteiger partial charge in [-0.1, -0.05) is 17.7 Å². The van der Waals surface area contributed by atoms with Crippen LogP contribution in [-0.2, 0) is 0 Å².